The van der Waals surface area contributed by atoms with E-state index in [0.717, 1.165) is 11.1 Å². The zero-order valence-electron chi connectivity index (χ0n) is 16.0. The molecule has 2 amide bonds. The van der Waals surface area contributed by atoms with Gasteiger partial charge in [0.15, 0.2) is 18.1 Å². The van der Waals surface area contributed by atoms with Gasteiger partial charge in [-0.15, -0.1) is 0 Å². The minimum atomic E-state index is -0.250. The Hall–Kier alpha value is -3.02. The monoisotopic (exact) mass is 370 g/mol. The van der Waals surface area contributed by atoms with E-state index in [2.05, 4.69) is 11.4 Å². The summed E-state index contributed by atoms with van der Waals surface area (Å²) in [5.41, 5.74) is 2.22. The quantitative estimate of drug-likeness (QED) is 0.737. The van der Waals surface area contributed by atoms with Crippen LogP contribution in [0.1, 0.15) is 18.1 Å². The van der Waals surface area contributed by atoms with Crippen LogP contribution >= 0.6 is 0 Å². The van der Waals surface area contributed by atoms with E-state index in [1.165, 1.54) is 6.92 Å². The normalized spacial score (nSPS) is 10.2. The van der Waals surface area contributed by atoms with Crippen LogP contribution in [-0.2, 0) is 16.1 Å². The van der Waals surface area contributed by atoms with Crippen LogP contribution in [0.3, 0.4) is 0 Å². The molecule has 2 rings (SSSR count). The number of para-hydroxylation sites is 2. The van der Waals surface area contributed by atoms with Crippen LogP contribution in [-0.4, -0.2) is 43.5 Å². The molecule has 0 atom stereocenters. The molecule has 144 valence electrons. The number of nitrogens with zero attached hydrogens (tertiary/aromatic N) is 1. The summed E-state index contributed by atoms with van der Waals surface area (Å²) in [4.78, 5) is 25.6. The average Bonchev–Trinajstić information content (AvgIpc) is 2.65. The van der Waals surface area contributed by atoms with E-state index in [-0.39, 0.29) is 18.4 Å². The lowest BCUT2D eigenvalue weighted by atomic mass is 10.1. The third kappa shape index (κ3) is 6.66. The van der Waals surface area contributed by atoms with Gasteiger partial charge in [-0.25, -0.2) is 0 Å². The SMILES string of the molecule is COc1ccccc1OCC(=O)NCCN(Cc1cccc(C)c1)C(C)=O. The van der Waals surface area contributed by atoms with Gasteiger partial charge < -0.3 is 19.7 Å². The molecule has 27 heavy (non-hydrogen) atoms. The maximum Gasteiger partial charge on any atom is 0.258 e. The molecule has 0 aliphatic carbocycles. The van der Waals surface area contributed by atoms with Crippen molar-refractivity contribution in [3.63, 3.8) is 0 Å². The predicted octanol–water partition coefficient (Wildman–Crippen LogP) is 2.55. The van der Waals surface area contributed by atoms with Crippen LogP contribution in [0.4, 0.5) is 0 Å². The Morgan fingerprint density at radius 1 is 1.07 bits per heavy atom. The Morgan fingerprint density at radius 2 is 1.81 bits per heavy atom. The number of ether oxygens (including phenoxy) is 2. The summed E-state index contributed by atoms with van der Waals surface area (Å²) in [6.07, 6.45) is 0. The molecule has 0 saturated heterocycles. The number of carbonyl (C=O) groups is 2. The van der Waals surface area contributed by atoms with E-state index in [0.29, 0.717) is 31.1 Å². The highest BCUT2D eigenvalue weighted by molar-refractivity contribution is 5.77. The highest BCUT2D eigenvalue weighted by Crippen LogP contribution is 2.25. The third-order valence-corrected chi connectivity index (χ3v) is 4.03. The minimum absolute atomic E-state index is 0.0315. The van der Waals surface area contributed by atoms with Gasteiger partial charge in [0, 0.05) is 26.6 Å². The van der Waals surface area contributed by atoms with Crippen LogP contribution in [0.25, 0.3) is 0 Å². The number of nitrogens with one attached hydrogen (secondary N) is 1. The van der Waals surface area contributed by atoms with Gasteiger partial charge in [0.25, 0.3) is 5.91 Å². The number of benzene rings is 2. The standard InChI is InChI=1S/C21H26N2O4/c1-16-7-6-8-18(13-16)14-23(17(2)24)12-11-22-21(25)15-27-20-10-5-4-9-19(20)26-3/h4-10,13H,11-12,14-15H2,1-3H3,(H,22,25). The molecule has 0 radical (unpaired) electrons. The molecule has 0 fully saturated rings. The average molecular weight is 370 g/mol. The molecule has 0 aromatic heterocycles. The highest BCUT2D eigenvalue weighted by atomic mass is 16.5. The molecule has 0 saturated carbocycles. The fraction of sp³-hybridized carbons (Fsp3) is 0.333. The number of hydrogen-bond acceptors (Lipinski definition) is 4. The number of amides is 2. The summed E-state index contributed by atoms with van der Waals surface area (Å²) < 4.78 is 10.7. The number of rotatable bonds is 9. The molecule has 0 aliphatic rings. The molecule has 0 aliphatic heterocycles. The molecular formula is C21H26N2O4. The molecule has 0 heterocycles. The van der Waals surface area contributed by atoms with Crippen LogP contribution in [0.15, 0.2) is 48.5 Å². The fourth-order valence-corrected chi connectivity index (χ4v) is 2.64. The first-order valence-corrected chi connectivity index (χ1v) is 8.83. The molecule has 0 bridgehead atoms. The van der Waals surface area contributed by atoms with Gasteiger partial charge in [-0.05, 0) is 24.6 Å². The topological polar surface area (TPSA) is 67.9 Å². The zero-order valence-corrected chi connectivity index (χ0v) is 16.0. The maximum atomic E-state index is 12.0. The van der Waals surface area contributed by atoms with Crippen molar-refractivity contribution >= 4 is 11.8 Å². The van der Waals surface area contributed by atoms with Crippen molar-refractivity contribution in [1.29, 1.82) is 0 Å². The lowest BCUT2D eigenvalue weighted by Gasteiger charge is -2.21. The van der Waals surface area contributed by atoms with E-state index < -0.39 is 0 Å². The first kappa shape index (κ1) is 20.3. The van der Waals surface area contributed by atoms with Gasteiger partial charge in [-0.2, -0.15) is 0 Å². The summed E-state index contributed by atoms with van der Waals surface area (Å²) in [6, 6.07) is 15.2. The van der Waals surface area contributed by atoms with E-state index in [1.54, 1.807) is 24.1 Å². The lowest BCUT2D eigenvalue weighted by Crippen LogP contribution is -2.38. The maximum absolute atomic E-state index is 12.0. The minimum Gasteiger partial charge on any atom is -0.493 e. The molecule has 2 aromatic carbocycles. The summed E-state index contributed by atoms with van der Waals surface area (Å²) in [5.74, 6) is 0.808. The first-order valence-electron chi connectivity index (χ1n) is 8.83. The Kier molecular flexibility index (Phi) is 7.67. The molecular weight excluding hydrogens is 344 g/mol. The van der Waals surface area contributed by atoms with Crippen molar-refractivity contribution in [2.45, 2.75) is 20.4 Å². The van der Waals surface area contributed by atoms with Crippen LogP contribution < -0.4 is 14.8 Å². The number of methoxy groups -OCH3 is 1. The third-order valence-electron chi connectivity index (χ3n) is 4.03. The summed E-state index contributed by atoms with van der Waals surface area (Å²) in [5, 5.41) is 2.77. The van der Waals surface area contributed by atoms with Gasteiger partial charge in [0.05, 0.1) is 7.11 Å². The Labute approximate surface area is 160 Å². The Balaban J connectivity index is 1.78. The second-order valence-electron chi connectivity index (χ2n) is 6.22. The van der Waals surface area contributed by atoms with E-state index in [9.17, 15) is 9.59 Å². The smallest absolute Gasteiger partial charge is 0.258 e. The molecule has 1 N–H and O–H groups in total. The largest absolute Gasteiger partial charge is 0.493 e. The Morgan fingerprint density at radius 3 is 2.48 bits per heavy atom. The molecule has 6 heteroatoms. The summed E-state index contributed by atoms with van der Waals surface area (Å²) in [7, 11) is 1.55. The number of carbonyl (C=O) groups excluding carboxylic acids is 2. The van der Waals surface area contributed by atoms with Gasteiger partial charge in [0.1, 0.15) is 0 Å². The van der Waals surface area contributed by atoms with Crippen molar-refractivity contribution in [3.05, 3.63) is 59.7 Å². The van der Waals surface area contributed by atoms with E-state index in [4.69, 9.17) is 9.47 Å². The van der Waals surface area contributed by atoms with E-state index in [1.807, 2.05) is 37.3 Å². The van der Waals surface area contributed by atoms with Crippen LogP contribution in [0.5, 0.6) is 11.5 Å². The number of hydrogen-bond donors (Lipinski definition) is 1. The Bertz CT molecular complexity index is 776. The molecule has 6 nitrogen and oxygen atoms in total. The van der Waals surface area contributed by atoms with Crippen molar-refractivity contribution in [1.82, 2.24) is 10.2 Å². The van der Waals surface area contributed by atoms with Crippen LogP contribution in [0.2, 0.25) is 0 Å². The zero-order chi connectivity index (χ0) is 19.6. The lowest BCUT2D eigenvalue weighted by molar-refractivity contribution is -0.130. The van der Waals surface area contributed by atoms with Crippen molar-refractivity contribution in [2.75, 3.05) is 26.8 Å². The second-order valence-corrected chi connectivity index (χ2v) is 6.22. The van der Waals surface area contributed by atoms with Gasteiger partial charge >= 0.3 is 0 Å². The highest BCUT2D eigenvalue weighted by Gasteiger charge is 2.11. The van der Waals surface area contributed by atoms with Crippen LogP contribution in [0, 0.1) is 6.92 Å². The summed E-state index contributed by atoms with van der Waals surface area (Å²) >= 11 is 0. The van der Waals surface area contributed by atoms with Crippen molar-refractivity contribution < 1.29 is 19.1 Å². The molecule has 0 spiro atoms. The van der Waals surface area contributed by atoms with Crippen molar-refractivity contribution in [3.8, 4) is 11.5 Å². The molecule has 0 unspecified atom stereocenters. The first-order chi connectivity index (χ1) is 13.0. The number of aryl methyl sites for hydroxylation is 1. The fourth-order valence-electron chi connectivity index (χ4n) is 2.64. The van der Waals surface area contributed by atoms with Crippen molar-refractivity contribution in [2.24, 2.45) is 0 Å². The molecule has 2 aromatic rings. The predicted molar refractivity (Wildman–Crippen MR) is 104 cm³/mol. The van der Waals surface area contributed by atoms with Gasteiger partial charge in [-0.1, -0.05) is 42.0 Å². The summed E-state index contributed by atoms with van der Waals surface area (Å²) in [6.45, 7) is 4.75. The van der Waals surface area contributed by atoms with E-state index >= 15 is 0 Å². The second kappa shape index (κ2) is 10.2. The van der Waals surface area contributed by atoms with Gasteiger partial charge in [-0.3, -0.25) is 9.59 Å². The van der Waals surface area contributed by atoms with Gasteiger partial charge in [0.2, 0.25) is 5.91 Å².